The first kappa shape index (κ1) is 17.6. The molecule has 1 heterocycles. The lowest BCUT2D eigenvalue weighted by atomic mass is 10.2. The van der Waals surface area contributed by atoms with Crippen LogP contribution in [-0.2, 0) is 4.79 Å². The van der Waals surface area contributed by atoms with Crippen LogP contribution in [0.2, 0.25) is 0 Å². The standard InChI is InChI=1S/C15H16N4O4S2/c20-13(18-14(21)16-9-3-1-2-4-9)8-24-15-17-11-6-5-10(19(22)23)7-12(11)25-15/h5-7,9H,1-4,8H2,(H2,16,18,20,21). The van der Waals surface area contributed by atoms with E-state index in [1.165, 1.54) is 35.2 Å². The van der Waals surface area contributed by atoms with Crippen molar-refractivity contribution in [2.75, 3.05) is 5.75 Å². The van der Waals surface area contributed by atoms with E-state index in [1.54, 1.807) is 6.07 Å². The quantitative estimate of drug-likeness (QED) is 0.468. The molecule has 0 bridgehead atoms. The smallest absolute Gasteiger partial charge is 0.321 e. The van der Waals surface area contributed by atoms with Gasteiger partial charge in [0, 0.05) is 18.2 Å². The molecular weight excluding hydrogens is 364 g/mol. The van der Waals surface area contributed by atoms with E-state index in [0.29, 0.717) is 14.6 Å². The van der Waals surface area contributed by atoms with Crippen LogP contribution < -0.4 is 10.6 Å². The number of hydrogen-bond acceptors (Lipinski definition) is 7. The topological polar surface area (TPSA) is 114 Å². The van der Waals surface area contributed by atoms with Crippen molar-refractivity contribution in [3.63, 3.8) is 0 Å². The Balaban J connectivity index is 1.52. The molecule has 1 aromatic carbocycles. The van der Waals surface area contributed by atoms with Crippen LogP contribution in [0.5, 0.6) is 0 Å². The average molecular weight is 380 g/mol. The first-order valence-electron chi connectivity index (χ1n) is 7.79. The molecule has 0 saturated heterocycles. The van der Waals surface area contributed by atoms with Crippen molar-refractivity contribution in [1.82, 2.24) is 15.6 Å². The van der Waals surface area contributed by atoms with Gasteiger partial charge in [-0.15, -0.1) is 11.3 Å². The number of nitrogens with one attached hydrogen (secondary N) is 2. The Morgan fingerprint density at radius 2 is 2.12 bits per heavy atom. The third-order valence-electron chi connectivity index (χ3n) is 3.83. The second kappa shape index (κ2) is 7.79. The highest BCUT2D eigenvalue weighted by atomic mass is 32.2. The summed E-state index contributed by atoms with van der Waals surface area (Å²) < 4.78 is 1.32. The average Bonchev–Trinajstić information content (AvgIpc) is 3.20. The van der Waals surface area contributed by atoms with Crippen LogP contribution in [0.25, 0.3) is 10.2 Å². The van der Waals surface area contributed by atoms with Gasteiger partial charge in [-0.2, -0.15) is 0 Å². The molecule has 2 N–H and O–H groups in total. The number of imide groups is 1. The van der Waals surface area contributed by atoms with Crippen LogP contribution in [-0.4, -0.2) is 33.6 Å². The Hall–Kier alpha value is -2.20. The highest BCUT2D eigenvalue weighted by molar-refractivity contribution is 8.01. The van der Waals surface area contributed by atoms with Crippen LogP contribution in [0.1, 0.15) is 25.7 Å². The minimum Gasteiger partial charge on any atom is -0.335 e. The number of nitro groups is 1. The third kappa shape index (κ3) is 4.67. The number of fused-ring (bicyclic) bond motifs is 1. The summed E-state index contributed by atoms with van der Waals surface area (Å²) in [5.74, 6) is -0.342. The predicted molar refractivity (Wildman–Crippen MR) is 95.9 cm³/mol. The molecule has 132 valence electrons. The Kier molecular flexibility index (Phi) is 5.49. The molecule has 1 fully saturated rings. The molecule has 25 heavy (non-hydrogen) atoms. The molecule has 1 saturated carbocycles. The largest absolute Gasteiger partial charge is 0.335 e. The van der Waals surface area contributed by atoms with Gasteiger partial charge < -0.3 is 5.32 Å². The summed E-state index contributed by atoms with van der Waals surface area (Å²) in [5, 5.41) is 15.9. The number of thioether (sulfide) groups is 1. The third-order valence-corrected chi connectivity index (χ3v) is 5.99. The van der Waals surface area contributed by atoms with Gasteiger partial charge in [-0.3, -0.25) is 20.2 Å². The number of carbonyl (C=O) groups is 2. The fourth-order valence-electron chi connectivity index (χ4n) is 2.65. The fourth-order valence-corrected chi connectivity index (χ4v) is 4.55. The zero-order chi connectivity index (χ0) is 17.8. The van der Waals surface area contributed by atoms with Gasteiger partial charge in [-0.1, -0.05) is 24.6 Å². The van der Waals surface area contributed by atoms with Crippen molar-refractivity contribution in [3.8, 4) is 0 Å². The maximum atomic E-state index is 11.9. The number of nitrogens with zero attached hydrogens (tertiary/aromatic N) is 2. The van der Waals surface area contributed by atoms with Crippen LogP contribution >= 0.6 is 23.1 Å². The van der Waals surface area contributed by atoms with E-state index in [0.717, 1.165) is 25.7 Å². The number of amides is 3. The van der Waals surface area contributed by atoms with Crippen LogP contribution in [0.4, 0.5) is 10.5 Å². The molecule has 0 unspecified atom stereocenters. The van der Waals surface area contributed by atoms with E-state index in [-0.39, 0.29) is 17.5 Å². The second-order valence-electron chi connectivity index (χ2n) is 5.68. The van der Waals surface area contributed by atoms with Gasteiger partial charge in [0.15, 0.2) is 4.34 Å². The molecule has 3 rings (SSSR count). The molecule has 10 heteroatoms. The van der Waals surface area contributed by atoms with Crippen LogP contribution in [0, 0.1) is 10.1 Å². The number of rotatable bonds is 5. The summed E-state index contributed by atoms with van der Waals surface area (Å²) in [6.07, 6.45) is 4.11. The van der Waals surface area contributed by atoms with Gasteiger partial charge in [0.05, 0.1) is 20.9 Å². The summed E-state index contributed by atoms with van der Waals surface area (Å²) in [6, 6.07) is 4.14. The summed E-state index contributed by atoms with van der Waals surface area (Å²) in [7, 11) is 0. The van der Waals surface area contributed by atoms with Gasteiger partial charge in [0.25, 0.3) is 5.69 Å². The Morgan fingerprint density at radius 1 is 1.36 bits per heavy atom. The van der Waals surface area contributed by atoms with E-state index in [1.807, 2.05) is 0 Å². The van der Waals surface area contributed by atoms with E-state index in [2.05, 4.69) is 15.6 Å². The predicted octanol–water partition coefficient (Wildman–Crippen LogP) is 3.07. The van der Waals surface area contributed by atoms with Crippen molar-refractivity contribution < 1.29 is 14.5 Å². The van der Waals surface area contributed by atoms with Gasteiger partial charge in [-0.25, -0.2) is 9.78 Å². The van der Waals surface area contributed by atoms with Crippen LogP contribution in [0.15, 0.2) is 22.5 Å². The van der Waals surface area contributed by atoms with Crippen molar-refractivity contribution in [2.24, 2.45) is 0 Å². The number of carbonyl (C=O) groups excluding carboxylic acids is 2. The zero-order valence-corrected chi connectivity index (χ0v) is 14.8. The number of hydrogen-bond donors (Lipinski definition) is 2. The Bertz CT molecular complexity index is 817. The molecular formula is C15H16N4O4S2. The molecule has 0 spiro atoms. The molecule has 0 aliphatic heterocycles. The van der Waals surface area contributed by atoms with Gasteiger partial charge in [0.1, 0.15) is 0 Å². The molecule has 0 atom stereocenters. The molecule has 8 nitrogen and oxygen atoms in total. The number of aromatic nitrogens is 1. The maximum absolute atomic E-state index is 11.9. The maximum Gasteiger partial charge on any atom is 0.321 e. The van der Waals surface area contributed by atoms with Gasteiger partial charge >= 0.3 is 6.03 Å². The number of nitro benzene ring substituents is 1. The molecule has 3 amide bonds. The molecule has 1 aliphatic carbocycles. The first-order chi connectivity index (χ1) is 12.0. The second-order valence-corrected chi connectivity index (χ2v) is 7.93. The van der Waals surface area contributed by atoms with Gasteiger partial charge in [-0.05, 0) is 18.9 Å². The highest BCUT2D eigenvalue weighted by Gasteiger charge is 2.18. The summed E-state index contributed by atoms with van der Waals surface area (Å²) in [6.45, 7) is 0. The van der Waals surface area contributed by atoms with Crippen molar-refractivity contribution in [3.05, 3.63) is 28.3 Å². The lowest BCUT2D eigenvalue weighted by Crippen LogP contribution is -2.44. The van der Waals surface area contributed by atoms with Crippen molar-refractivity contribution >= 4 is 50.9 Å². The lowest BCUT2D eigenvalue weighted by molar-refractivity contribution is -0.384. The number of urea groups is 1. The summed E-state index contributed by atoms with van der Waals surface area (Å²) >= 11 is 2.48. The minimum atomic E-state index is -0.461. The van der Waals surface area contributed by atoms with Crippen LogP contribution in [0.3, 0.4) is 0 Å². The van der Waals surface area contributed by atoms with E-state index in [9.17, 15) is 19.7 Å². The number of benzene rings is 1. The Labute approximate surface area is 151 Å². The SMILES string of the molecule is O=C(CSc1nc2ccc([N+](=O)[O-])cc2s1)NC(=O)NC1CCCC1. The first-order valence-corrected chi connectivity index (χ1v) is 9.59. The highest BCUT2D eigenvalue weighted by Crippen LogP contribution is 2.31. The molecule has 1 aliphatic rings. The minimum absolute atomic E-state index is 0.00836. The van der Waals surface area contributed by atoms with E-state index < -0.39 is 16.9 Å². The monoisotopic (exact) mass is 380 g/mol. The van der Waals surface area contributed by atoms with Gasteiger partial charge in [0.2, 0.25) is 5.91 Å². The zero-order valence-electron chi connectivity index (χ0n) is 13.2. The number of thiazole rings is 1. The Morgan fingerprint density at radius 3 is 2.84 bits per heavy atom. The van der Waals surface area contributed by atoms with Crippen molar-refractivity contribution in [2.45, 2.75) is 36.1 Å². The number of non-ortho nitro benzene ring substituents is 1. The van der Waals surface area contributed by atoms with E-state index in [4.69, 9.17) is 0 Å². The molecule has 1 aromatic heterocycles. The lowest BCUT2D eigenvalue weighted by Gasteiger charge is -2.11. The summed E-state index contributed by atoms with van der Waals surface area (Å²) in [5.41, 5.74) is 0.659. The van der Waals surface area contributed by atoms with Crippen molar-refractivity contribution in [1.29, 1.82) is 0 Å². The summed E-state index contributed by atoms with van der Waals surface area (Å²) in [4.78, 5) is 38.2. The fraction of sp³-hybridized carbons (Fsp3) is 0.400. The normalized spacial score (nSPS) is 14.6. The van der Waals surface area contributed by atoms with E-state index >= 15 is 0 Å². The molecule has 2 aromatic rings. The molecule has 0 radical (unpaired) electrons.